The Morgan fingerprint density at radius 1 is 1.03 bits per heavy atom. The molecule has 2 amide bonds. The third-order valence-electron chi connectivity index (χ3n) is 7.25. The first-order chi connectivity index (χ1) is 17.6. The number of carbonyl (C=O) groups is 2. The van der Waals surface area contributed by atoms with E-state index in [1.165, 1.54) is 0 Å². The topological polar surface area (TPSA) is 45.6 Å². The van der Waals surface area contributed by atoms with Crippen LogP contribution >= 0.6 is 11.6 Å². The van der Waals surface area contributed by atoms with Crippen LogP contribution in [0.4, 0.5) is 5.69 Å². The van der Waals surface area contributed by atoms with Crippen LogP contribution in [0.1, 0.15) is 70.7 Å². The Kier molecular flexibility index (Phi) is 6.93. The van der Waals surface area contributed by atoms with E-state index in [0.29, 0.717) is 11.4 Å². The highest BCUT2D eigenvalue weighted by atomic mass is 35.5. The zero-order valence-corrected chi connectivity index (χ0v) is 22.9. The van der Waals surface area contributed by atoms with Gasteiger partial charge < -0.3 is 9.47 Å². The Morgan fingerprint density at radius 3 is 2.43 bits per heavy atom. The van der Waals surface area contributed by atoms with E-state index >= 15 is 0 Å². The Morgan fingerprint density at radius 2 is 1.76 bits per heavy atom. The Labute approximate surface area is 225 Å². The van der Waals surface area contributed by atoms with Gasteiger partial charge in [-0.25, -0.2) is 0 Å². The fourth-order valence-electron chi connectivity index (χ4n) is 5.82. The van der Waals surface area contributed by atoms with Crippen molar-refractivity contribution in [3.63, 3.8) is 0 Å². The maximum absolute atomic E-state index is 14.2. The number of halogens is 1. The molecule has 0 unspecified atom stereocenters. The van der Waals surface area contributed by atoms with Crippen LogP contribution in [0.2, 0.25) is 5.02 Å². The van der Waals surface area contributed by atoms with Gasteiger partial charge in [0.1, 0.15) is 12.6 Å². The molecule has 1 aliphatic carbocycles. The van der Waals surface area contributed by atoms with Gasteiger partial charge >= 0.3 is 0 Å². The zero-order valence-electron chi connectivity index (χ0n) is 22.2. The van der Waals surface area contributed by atoms with Crippen molar-refractivity contribution >= 4 is 29.1 Å². The second-order valence-electron chi connectivity index (χ2n) is 11.8. The first kappa shape index (κ1) is 25.6. The number of anilines is 1. The van der Waals surface area contributed by atoms with Gasteiger partial charge in [-0.3, -0.25) is 14.5 Å². The Balaban J connectivity index is 1.48. The van der Waals surface area contributed by atoms with Crippen LogP contribution in [0, 0.1) is 11.3 Å². The van der Waals surface area contributed by atoms with Gasteiger partial charge in [-0.05, 0) is 72.6 Å². The van der Waals surface area contributed by atoms with Crippen molar-refractivity contribution < 1.29 is 9.59 Å². The van der Waals surface area contributed by atoms with Gasteiger partial charge in [-0.1, -0.05) is 63.6 Å². The number of aromatic nitrogens is 1. The Hall–Kier alpha value is -3.05. The van der Waals surface area contributed by atoms with Crippen molar-refractivity contribution in [2.24, 2.45) is 11.3 Å². The molecular weight excluding hydrogens is 482 g/mol. The molecule has 0 radical (unpaired) electrons. The molecular formula is C31H36ClN3O2. The number of hydrogen-bond donors (Lipinski definition) is 0. The molecule has 0 saturated heterocycles. The number of para-hydroxylation sites is 2. The number of fused-ring (bicyclic) bond motifs is 3. The minimum atomic E-state index is -0.341. The van der Waals surface area contributed by atoms with E-state index in [0.717, 1.165) is 41.9 Å². The summed E-state index contributed by atoms with van der Waals surface area (Å²) in [5, 5.41) is 0.629. The molecule has 1 fully saturated rings. The molecule has 6 heteroatoms. The van der Waals surface area contributed by atoms with Crippen LogP contribution in [0.25, 0.3) is 5.69 Å². The molecule has 5 rings (SSSR count). The lowest BCUT2D eigenvalue weighted by atomic mass is 9.84. The summed E-state index contributed by atoms with van der Waals surface area (Å²) in [6.07, 6.45) is 5.40. The van der Waals surface area contributed by atoms with Gasteiger partial charge in [-0.15, -0.1) is 0 Å². The molecule has 1 aromatic heterocycles. The molecule has 0 N–H and O–H groups in total. The quantitative estimate of drug-likeness (QED) is 0.338. The Bertz CT molecular complexity index is 1300. The molecule has 2 heterocycles. The van der Waals surface area contributed by atoms with Crippen LogP contribution in [0.15, 0.2) is 66.9 Å². The van der Waals surface area contributed by atoms with Gasteiger partial charge in [0.15, 0.2) is 0 Å². The highest BCUT2D eigenvalue weighted by Crippen LogP contribution is 2.43. The third-order valence-corrected chi connectivity index (χ3v) is 7.49. The molecule has 37 heavy (non-hydrogen) atoms. The minimum Gasteiger partial charge on any atom is -0.330 e. The first-order valence-corrected chi connectivity index (χ1v) is 13.6. The summed E-state index contributed by atoms with van der Waals surface area (Å²) in [5.74, 6) is 0.274. The normalized spacial score (nSPS) is 17.6. The van der Waals surface area contributed by atoms with E-state index in [9.17, 15) is 9.59 Å². The highest BCUT2D eigenvalue weighted by molar-refractivity contribution is 6.30. The van der Waals surface area contributed by atoms with E-state index in [2.05, 4.69) is 38.3 Å². The predicted octanol–water partition coefficient (Wildman–Crippen LogP) is 7.02. The summed E-state index contributed by atoms with van der Waals surface area (Å²) < 4.78 is 2.14. The number of carbonyl (C=O) groups excluding carboxylic acids is 2. The molecule has 2 atom stereocenters. The summed E-state index contributed by atoms with van der Waals surface area (Å²) in [5.41, 5.74) is 3.90. The molecule has 2 aliphatic rings. The fourth-order valence-corrected chi connectivity index (χ4v) is 6.01. The highest BCUT2D eigenvalue weighted by Gasteiger charge is 2.40. The molecule has 3 aromatic rings. The second kappa shape index (κ2) is 10.0. The SMILES string of the molecule is C[C@H](CC(=O)N(CC(=O)N1c2ccccc2-n2cccc2[C@@H]1c1cccc(Cl)c1)C1CC1)CC(C)(C)C. The van der Waals surface area contributed by atoms with E-state index in [1.54, 1.807) is 0 Å². The van der Waals surface area contributed by atoms with Gasteiger partial charge in [0.25, 0.3) is 0 Å². The van der Waals surface area contributed by atoms with Crippen molar-refractivity contribution in [2.75, 3.05) is 11.4 Å². The molecule has 194 valence electrons. The summed E-state index contributed by atoms with van der Waals surface area (Å²) >= 11 is 6.40. The molecule has 1 saturated carbocycles. The number of benzene rings is 2. The maximum atomic E-state index is 14.2. The lowest BCUT2D eigenvalue weighted by molar-refractivity contribution is -0.136. The number of hydrogen-bond acceptors (Lipinski definition) is 2. The van der Waals surface area contributed by atoms with Crippen molar-refractivity contribution in [3.05, 3.63) is 83.1 Å². The lowest BCUT2D eigenvalue weighted by Gasteiger charge is -2.39. The second-order valence-corrected chi connectivity index (χ2v) is 12.3. The van der Waals surface area contributed by atoms with Crippen molar-refractivity contribution in [2.45, 2.75) is 65.5 Å². The van der Waals surface area contributed by atoms with Crippen LogP contribution in [0.3, 0.4) is 0 Å². The van der Waals surface area contributed by atoms with Crippen molar-refractivity contribution in [1.82, 2.24) is 9.47 Å². The average Bonchev–Trinajstić information content (AvgIpc) is 3.55. The summed E-state index contributed by atoms with van der Waals surface area (Å²) in [7, 11) is 0. The zero-order chi connectivity index (χ0) is 26.3. The van der Waals surface area contributed by atoms with E-state index in [-0.39, 0.29) is 41.8 Å². The fraction of sp³-hybridized carbons (Fsp3) is 0.419. The largest absolute Gasteiger partial charge is 0.330 e. The molecule has 2 aromatic carbocycles. The van der Waals surface area contributed by atoms with E-state index in [4.69, 9.17) is 11.6 Å². The minimum absolute atomic E-state index is 0.0754. The van der Waals surface area contributed by atoms with Crippen LogP contribution < -0.4 is 4.90 Å². The van der Waals surface area contributed by atoms with E-state index < -0.39 is 0 Å². The standard InChI is InChI=1S/C31H36ClN3O2/c1-21(19-31(2,3)4)17-28(36)34(24-14-15-24)20-29(37)35-26-12-6-5-11-25(26)33-16-8-13-27(33)30(35)22-9-7-10-23(32)18-22/h5-13,16,18,21,24,30H,14-15,17,19-20H2,1-4H3/t21-,30+/m1/s1. The smallest absolute Gasteiger partial charge is 0.247 e. The molecule has 1 aliphatic heterocycles. The van der Waals surface area contributed by atoms with Gasteiger partial charge in [0.05, 0.1) is 17.1 Å². The summed E-state index contributed by atoms with van der Waals surface area (Å²) in [6.45, 7) is 8.83. The summed E-state index contributed by atoms with van der Waals surface area (Å²) in [6, 6.07) is 19.6. The van der Waals surface area contributed by atoms with Gasteiger partial charge in [-0.2, -0.15) is 0 Å². The van der Waals surface area contributed by atoms with Crippen molar-refractivity contribution in [3.8, 4) is 5.69 Å². The van der Waals surface area contributed by atoms with Crippen molar-refractivity contribution in [1.29, 1.82) is 0 Å². The van der Waals surface area contributed by atoms with Crippen LogP contribution in [-0.4, -0.2) is 33.9 Å². The van der Waals surface area contributed by atoms with E-state index in [1.807, 2.05) is 70.6 Å². The lowest BCUT2D eigenvalue weighted by Crippen LogP contribution is -2.47. The average molecular weight is 518 g/mol. The van der Waals surface area contributed by atoms with Gasteiger partial charge in [0.2, 0.25) is 11.8 Å². The van der Waals surface area contributed by atoms with Gasteiger partial charge in [0, 0.05) is 23.7 Å². The molecule has 0 spiro atoms. The monoisotopic (exact) mass is 517 g/mol. The third kappa shape index (κ3) is 5.47. The number of rotatable bonds is 7. The van der Waals surface area contributed by atoms with Crippen LogP contribution in [0.5, 0.6) is 0 Å². The first-order valence-electron chi connectivity index (χ1n) is 13.3. The number of nitrogens with zero attached hydrogens (tertiary/aromatic N) is 3. The number of amides is 2. The van der Waals surface area contributed by atoms with Crippen LogP contribution in [-0.2, 0) is 9.59 Å². The maximum Gasteiger partial charge on any atom is 0.247 e. The molecule has 0 bridgehead atoms. The summed E-state index contributed by atoms with van der Waals surface area (Å²) in [4.78, 5) is 31.4. The predicted molar refractivity (Wildman–Crippen MR) is 149 cm³/mol. The molecule has 5 nitrogen and oxygen atoms in total.